The number of carbonyl (C=O) groups is 1. The summed E-state index contributed by atoms with van der Waals surface area (Å²) in [7, 11) is -0.266. The molecular weight excluding hydrogens is 618 g/mol. The third kappa shape index (κ3) is 10.6. The minimum Gasteiger partial charge on any atom is -0.497 e. The van der Waals surface area contributed by atoms with Gasteiger partial charge >= 0.3 is 0 Å². The highest BCUT2D eigenvalue weighted by Crippen LogP contribution is 2.30. The zero-order valence-electron chi connectivity index (χ0n) is 28.8. The molecule has 1 amide bonds. The van der Waals surface area contributed by atoms with E-state index >= 15 is 0 Å². The van der Waals surface area contributed by atoms with Gasteiger partial charge in [0, 0.05) is 37.8 Å². The molecule has 0 saturated heterocycles. The Balaban J connectivity index is 1.61. The molecule has 47 heavy (non-hydrogen) atoms. The number of aliphatic hydroxyl groups excluding tert-OH is 1. The molecule has 0 unspecified atom stereocenters. The van der Waals surface area contributed by atoms with Crippen LogP contribution in [0.4, 0.5) is 5.69 Å². The third-order valence-electron chi connectivity index (χ3n) is 9.46. The number of amides is 1. The van der Waals surface area contributed by atoms with Crippen molar-refractivity contribution in [2.75, 3.05) is 51.7 Å². The minimum absolute atomic E-state index is 0.0234. The maximum absolute atomic E-state index is 14.4. The van der Waals surface area contributed by atoms with E-state index < -0.39 is 16.1 Å². The standard InChI is InChI=1S/C36H55N3O7S/c1-26-22-39(27(2)25-40)36(41)33-21-30(37-47(42,43)32-17-15-31(44-5)16-18-32)14-19-34(33)46-28(3)11-9-10-20-45-35(26)24-38(4)23-29-12-7-6-8-13-29/h14-19,21,26-29,35,37,40H,6-13,20,22-25H2,1-5H3/t26-,27-,28-,35-/m1/s1. The van der Waals surface area contributed by atoms with Gasteiger partial charge in [0.15, 0.2) is 0 Å². The summed E-state index contributed by atoms with van der Waals surface area (Å²) in [5, 5.41) is 10.3. The Morgan fingerprint density at radius 1 is 1.02 bits per heavy atom. The van der Waals surface area contributed by atoms with Gasteiger partial charge in [0.25, 0.3) is 15.9 Å². The van der Waals surface area contributed by atoms with Crippen molar-refractivity contribution in [3.63, 3.8) is 0 Å². The largest absolute Gasteiger partial charge is 0.497 e. The van der Waals surface area contributed by atoms with Crippen LogP contribution in [0.3, 0.4) is 0 Å². The van der Waals surface area contributed by atoms with E-state index in [1.165, 1.54) is 57.4 Å². The van der Waals surface area contributed by atoms with Crippen molar-refractivity contribution >= 4 is 21.6 Å². The lowest BCUT2D eigenvalue weighted by Crippen LogP contribution is -2.47. The number of benzene rings is 2. The molecule has 2 aromatic carbocycles. The molecule has 0 radical (unpaired) electrons. The van der Waals surface area contributed by atoms with E-state index in [0.29, 0.717) is 30.6 Å². The summed E-state index contributed by atoms with van der Waals surface area (Å²) in [6.45, 7) is 8.48. The first kappa shape index (κ1) is 37.0. The van der Waals surface area contributed by atoms with Crippen LogP contribution in [0.15, 0.2) is 47.4 Å². The molecule has 2 N–H and O–H groups in total. The predicted molar refractivity (Wildman–Crippen MR) is 185 cm³/mol. The van der Waals surface area contributed by atoms with Gasteiger partial charge in [0.05, 0.1) is 42.4 Å². The summed E-state index contributed by atoms with van der Waals surface area (Å²) in [5.41, 5.74) is 0.476. The Bertz CT molecular complexity index is 1380. The second-order valence-electron chi connectivity index (χ2n) is 13.5. The van der Waals surface area contributed by atoms with Crippen molar-refractivity contribution in [2.24, 2.45) is 11.8 Å². The summed E-state index contributed by atoms with van der Waals surface area (Å²) in [6.07, 6.45) is 8.82. The maximum Gasteiger partial charge on any atom is 0.261 e. The quantitative estimate of drug-likeness (QED) is 0.325. The molecule has 4 atom stereocenters. The van der Waals surface area contributed by atoms with Crippen molar-refractivity contribution in [2.45, 2.75) is 95.3 Å². The van der Waals surface area contributed by atoms with E-state index in [4.69, 9.17) is 14.2 Å². The van der Waals surface area contributed by atoms with E-state index in [1.807, 2.05) is 13.8 Å². The molecular formula is C36H55N3O7S. The van der Waals surface area contributed by atoms with E-state index in [-0.39, 0.29) is 46.8 Å². The van der Waals surface area contributed by atoms with Crippen molar-refractivity contribution in [1.29, 1.82) is 0 Å². The van der Waals surface area contributed by atoms with Gasteiger partial charge in [-0.15, -0.1) is 0 Å². The lowest BCUT2D eigenvalue weighted by Gasteiger charge is -2.36. The Hall–Kier alpha value is -2.86. The number of likely N-dealkylation sites (N-methyl/N-ethyl adjacent to an activating group) is 1. The van der Waals surface area contributed by atoms with Crippen molar-refractivity contribution in [3.05, 3.63) is 48.0 Å². The van der Waals surface area contributed by atoms with Gasteiger partial charge in [-0.25, -0.2) is 8.42 Å². The van der Waals surface area contributed by atoms with Crippen LogP contribution in [0.1, 0.15) is 82.5 Å². The van der Waals surface area contributed by atoms with Crippen LogP contribution in [0.2, 0.25) is 0 Å². The second kappa shape index (κ2) is 17.5. The minimum atomic E-state index is -3.95. The van der Waals surface area contributed by atoms with Crippen LogP contribution < -0.4 is 14.2 Å². The molecule has 2 aromatic rings. The predicted octanol–water partition coefficient (Wildman–Crippen LogP) is 5.80. The SMILES string of the molecule is COc1ccc(S(=O)(=O)Nc2ccc3c(c2)C(=O)N([C@H](C)CO)C[C@@H](C)[C@@H](CN(C)CC2CCCCC2)OCCCC[C@@H](C)O3)cc1. The van der Waals surface area contributed by atoms with Crippen LogP contribution in [-0.4, -0.2) is 94.5 Å². The fourth-order valence-electron chi connectivity index (χ4n) is 6.61. The first-order valence-electron chi connectivity index (χ1n) is 17.2. The summed E-state index contributed by atoms with van der Waals surface area (Å²) in [5.74, 6) is 1.28. The van der Waals surface area contributed by atoms with Gasteiger partial charge < -0.3 is 29.1 Å². The van der Waals surface area contributed by atoms with Crippen LogP contribution in [0.5, 0.6) is 11.5 Å². The Kier molecular flexibility index (Phi) is 13.8. The van der Waals surface area contributed by atoms with E-state index in [0.717, 1.165) is 32.4 Å². The molecule has 0 bridgehead atoms. The van der Waals surface area contributed by atoms with Crippen molar-refractivity contribution < 1.29 is 32.5 Å². The number of nitrogens with zero attached hydrogens (tertiary/aromatic N) is 2. The van der Waals surface area contributed by atoms with E-state index in [2.05, 4.69) is 23.6 Å². The van der Waals surface area contributed by atoms with Crippen molar-refractivity contribution in [1.82, 2.24) is 9.80 Å². The Morgan fingerprint density at radius 3 is 2.40 bits per heavy atom. The van der Waals surface area contributed by atoms with Crippen LogP contribution in [-0.2, 0) is 14.8 Å². The summed E-state index contributed by atoms with van der Waals surface area (Å²) < 4.78 is 47.1. The van der Waals surface area contributed by atoms with Gasteiger partial charge in [-0.2, -0.15) is 0 Å². The second-order valence-corrected chi connectivity index (χ2v) is 15.2. The number of methoxy groups -OCH3 is 1. The van der Waals surface area contributed by atoms with Crippen LogP contribution in [0, 0.1) is 11.8 Å². The first-order valence-corrected chi connectivity index (χ1v) is 18.7. The van der Waals surface area contributed by atoms with E-state index in [1.54, 1.807) is 29.2 Å². The van der Waals surface area contributed by atoms with Gasteiger partial charge in [-0.3, -0.25) is 9.52 Å². The number of fused-ring (bicyclic) bond motifs is 1. The summed E-state index contributed by atoms with van der Waals surface area (Å²) in [4.78, 5) is 18.5. The Morgan fingerprint density at radius 2 is 1.72 bits per heavy atom. The number of sulfonamides is 1. The van der Waals surface area contributed by atoms with Gasteiger partial charge in [-0.1, -0.05) is 26.2 Å². The fraction of sp³-hybridized carbons (Fsp3) is 0.639. The smallest absolute Gasteiger partial charge is 0.261 e. The first-order chi connectivity index (χ1) is 22.5. The average Bonchev–Trinajstić information content (AvgIpc) is 3.06. The number of aliphatic hydroxyl groups is 1. The number of hydrogen-bond acceptors (Lipinski definition) is 8. The average molecular weight is 674 g/mol. The lowest BCUT2D eigenvalue weighted by atomic mass is 9.89. The third-order valence-corrected chi connectivity index (χ3v) is 10.9. The van der Waals surface area contributed by atoms with Crippen LogP contribution >= 0.6 is 0 Å². The number of hydrogen-bond donors (Lipinski definition) is 2. The van der Waals surface area contributed by atoms with Gasteiger partial charge in [0.1, 0.15) is 11.5 Å². The molecule has 1 saturated carbocycles. The molecule has 0 aromatic heterocycles. The summed E-state index contributed by atoms with van der Waals surface area (Å²) in [6, 6.07) is 10.4. The molecule has 0 spiro atoms. The number of rotatable bonds is 10. The number of ether oxygens (including phenoxy) is 3. The zero-order chi connectivity index (χ0) is 34.0. The maximum atomic E-state index is 14.4. The van der Waals surface area contributed by atoms with Gasteiger partial charge in [0.2, 0.25) is 0 Å². The molecule has 4 rings (SSSR count). The molecule has 262 valence electrons. The highest BCUT2D eigenvalue weighted by Gasteiger charge is 2.31. The fourth-order valence-corrected chi connectivity index (χ4v) is 7.66. The molecule has 10 nitrogen and oxygen atoms in total. The topological polar surface area (TPSA) is 118 Å². The zero-order valence-corrected chi connectivity index (χ0v) is 29.6. The number of anilines is 1. The Labute approximate surface area is 281 Å². The van der Waals surface area contributed by atoms with Gasteiger partial charge in [-0.05, 0) is 101 Å². The normalized spacial score (nSPS) is 23.0. The number of nitrogens with one attached hydrogen (secondary N) is 1. The number of carbonyl (C=O) groups excluding carboxylic acids is 1. The molecule has 11 heteroatoms. The van der Waals surface area contributed by atoms with Crippen LogP contribution in [0.25, 0.3) is 0 Å². The lowest BCUT2D eigenvalue weighted by molar-refractivity contribution is -0.0190. The van der Waals surface area contributed by atoms with E-state index in [9.17, 15) is 18.3 Å². The monoisotopic (exact) mass is 673 g/mol. The highest BCUT2D eigenvalue weighted by molar-refractivity contribution is 7.92. The molecule has 1 fully saturated rings. The molecule has 1 aliphatic carbocycles. The van der Waals surface area contributed by atoms with Crippen molar-refractivity contribution in [3.8, 4) is 11.5 Å². The highest BCUT2D eigenvalue weighted by atomic mass is 32.2. The summed E-state index contributed by atoms with van der Waals surface area (Å²) >= 11 is 0. The molecule has 1 heterocycles. The molecule has 1 aliphatic heterocycles. The molecule has 2 aliphatic rings.